The summed E-state index contributed by atoms with van der Waals surface area (Å²) >= 11 is 0. The molecule has 2 aliphatic rings. The van der Waals surface area contributed by atoms with E-state index in [-0.39, 0.29) is 23.1 Å². The first-order valence-corrected chi connectivity index (χ1v) is 7.49. The number of carboxylic acid groups (broad SMARTS) is 1. The molecule has 1 saturated heterocycles. The molecule has 6 nitrogen and oxygen atoms in total. The lowest BCUT2D eigenvalue weighted by molar-refractivity contribution is -0.140. The molecule has 1 fully saturated rings. The Kier molecular flexibility index (Phi) is 4.68. The Labute approximate surface area is 130 Å². The van der Waals surface area contributed by atoms with Gasteiger partial charge >= 0.3 is 6.09 Å². The minimum Gasteiger partial charge on any atom is -0.465 e. The number of hydrogen-bond acceptors (Lipinski definition) is 3. The lowest BCUT2D eigenvalue weighted by atomic mass is 9.89. The van der Waals surface area contributed by atoms with Crippen molar-refractivity contribution in [3.63, 3.8) is 0 Å². The first kappa shape index (κ1) is 16.3. The maximum absolute atomic E-state index is 12.2. The molecule has 0 unspecified atom stereocenters. The largest absolute Gasteiger partial charge is 0.465 e. The first-order chi connectivity index (χ1) is 10.3. The van der Waals surface area contributed by atoms with Gasteiger partial charge in [-0.15, -0.1) is 0 Å². The molecule has 22 heavy (non-hydrogen) atoms. The van der Waals surface area contributed by atoms with Gasteiger partial charge in [-0.1, -0.05) is 26.0 Å². The van der Waals surface area contributed by atoms with Crippen LogP contribution in [0.1, 0.15) is 26.7 Å². The molecule has 2 aliphatic heterocycles. The zero-order valence-electron chi connectivity index (χ0n) is 13.0. The standard InChI is InChI=1S/C16H22N2O4/c1-16(2)8-5-14(20)18(11-16)13(19)4-3-12-6-9-17(10-7-12)15(21)22/h3-5,8,12H,6-7,9-11H2,1-2H3,(H,21,22)/b4-3+. The van der Waals surface area contributed by atoms with Crippen molar-refractivity contribution in [2.45, 2.75) is 26.7 Å². The van der Waals surface area contributed by atoms with Gasteiger partial charge in [0.2, 0.25) is 0 Å². The van der Waals surface area contributed by atoms with Gasteiger partial charge in [0.05, 0.1) is 0 Å². The second-order valence-corrected chi connectivity index (χ2v) is 6.55. The Morgan fingerprint density at radius 2 is 1.95 bits per heavy atom. The number of allylic oxidation sites excluding steroid dienone is 1. The number of amides is 3. The summed E-state index contributed by atoms with van der Waals surface area (Å²) < 4.78 is 0. The van der Waals surface area contributed by atoms with E-state index in [1.807, 2.05) is 19.9 Å². The highest BCUT2D eigenvalue weighted by atomic mass is 16.4. The number of piperidine rings is 1. The second kappa shape index (κ2) is 6.34. The van der Waals surface area contributed by atoms with Crippen LogP contribution in [-0.2, 0) is 9.59 Å². The average molecular weight is 306 g/mol. The van der Waals surface area contributed by atoms with Gasteiger partial charge in [-0.2, -0.15) is 0 Å². The zero-order valence-corrected chi connectivity index (χ0v) is 13.0. The number of rotatable bonds is 2. The molecule has 0 atom stereocenters. The van der Waals surface area contributed by atoms with Crippen LogP contribution in [0.2, 0.25) is 0 Å². The van der Waals surface area contributed by atoms with E-state index in [1.54, 1.807) is 6.08 Å². The van der Waals surface area contributed by atoms with Crippen LogP contribution in [0.5, 0.6) is 0 Å². The van der Waals surface area contributed by atoms with Crippen molar-refractivity contribution < 1.29 is 19.5 Å². The highest BCUT2D eigenvalue weighted by Crippen LogP contribution is 2.24. The van der Waals surface area contributed by atoms with Crippen LogP contribution in [0.3, 0.4) is 0 Å². The van der Waals surface area contributed by atoms with Crippen molar-refractivity contribution in [1.29, 1.82) is 0 Å². The van der Waals surface area contributed by atoms with E-state index in [4.69, 9.17) is 5.11 Å². The third-order valence-corrected chi connectivity index (χ3v) is 4.10. The van der Waals surface area contributed by atoms with Crippen molar-refractivity contribution in [3.05, 3.63) is 24.3 Å². The molecule has 0 spiro atoms. The van der Waals surface area contributed by atoms with Crippen LogP contribution in [0, 0.1) is 11.3 Å². The van der Waals surface area contributed by atoms with Crippen LogP contribution in [0.4, 0.5) is 4.79 Å². The monoisotopic (exact) mass is 306 g/mol. The molecule has 1 N–H and O–H groups in total. The number of likely N-dealkylation sites (tertiary alicyclic amines) is 1. The third-order valence-electron chi connectivity index (χ3n) is 4.10. The predicted octanol–water partition coefficient (Wildman–Crippen LogP) is 1.88. The molecular formula is C16H22N2O4. The predicted molar refractivity (Wildman–Crippen MR) is 81.1 cm³/mol. The van der Waals surface area contributed by atoms with Crippen molar-refractivity contribution in [1.82, 2.24) is 9.80 Å². The molecular weight excluding hydrogens is 284 g/mol. The molecule has 0 radical (unpaired) electrons. The van der Waals surface area contributed by atoms with Gasteiger partial charge in [-0.25, -0.2) is 4.79 Å². The van der Waals surface area contributed by atoms with Crippen molar-refractivity contribution in [2.75, 3.05) is 19.6 Å². The summed E-state index contributed by atoms with van der Waals surface area (Å²) in [6.45, 7) is 5.29. The Morgan fingerprint density at radius 1 is 1.32 bits per heavy atom. The molecule has 0 aliphatic carbocycles. The van der Waals surface area contributed by atoms with Crippen molar-refractivity contribution in [2.24, 2.45) is 11.3 Å². The lowest BCUT2D eigenvalue weighted by Gasteiger charge is -2.32. The molecule has 120 valence electrons. The summed E-state index contributed by atoms with van der Waals surface area (Å²) in [7, 11) is 0. The molecule has 2 rings (SSSR count). The molecule has 0 bridgehead atoms. The molecule has 6 heteroatoms. The van der Waals surface area contributed by atoms with E-state index < -0.39 is 6.09 Å². The number of carbonyl (C=O) groups excluding carboxylic acids is 2. The summed E-state index contributed by atoms with van der Waals surface area (Å²) in [5.41, 5.74) is -0.204. The first-order valence-electron chi connectivity index (χ1n) is 7.49. The van der Waals surface area contributed by atoms with Gasteiger partial charge in [0, 0.05) is 31.1 Å². The number of hydrogen-bond donors (Lipinski definition) is 1. The maximum Gasteiger partial charge on any atom is 0.407 e. The van der Waals surface area contributed by atoms with Gasteiger partial charge in [0.25, 0.3) is 11.8 Å². The van der Waals surface area contributed by atoms with Crippen LogP contribution in [-0.4, -0.2) is 52.4 Å². The summed E-state index contributed by atoms with van der Waals surface area (Å²) in [6.07, 6.45) is 7.04. The zero-order chi connectivity index (χ0) is 16.3. The smallest absolute Gasteiger partial charge is 0.407 e. The molecule has 0 aromatic heterocycles. The van der Waals surface area contributed by atoms with E-state index in [2.05, 4.69) is 0 Å². The summed E-state index contributed by atoms with van der Waals surface area (Å²) in [5.74, 6) is -0.402. The minimum absolute atomic E-state index is 0.183. The van der Waals surface area contributed by atoms with Gasteiger partial charge in [-0.3, -0.25) is 14.5 Å². The Bertz CT molecular complexity index is 528. The van der Waals surface area contributed by atoms with Crippen LogP contribution >= 0.6 is 0 Å². The van der Waals surface area contributed by atoms with Gasteiger partial charge in [-0.05, 0) is 24.8 Å². The molecule has 0 aromatic rings. The topological polar surface area (TPSA) is 77.9 Å². The van der Waals surface area contributed by atoms with Crippen molar-refractivity contribution in [3.8, 4) is 0 Å². The van der Waals surface area contributed by atoms with E-state index in [1.165, 1.54) is 22.0 Å². The number of nitrogens with zero attached hydrogens (tertiary/aromatic N) is 2. The van der Waals surface area contributed by atoms with E-state index in [9.17, 15) is 14.4 Å². The highest BCUT2D eigenvalue weighted by molar-refractivity contribution is 6.05. The molecule has 0 aromatic carbocycles. The van der Waals surface area contributed by atoms with Crippen LogP contribution in [0.25, 0.3) is 0 Å². The molecule has 2 heterocycles. The Balaban J connectivity index is 1.91. The summed E-state index contributed by atoms with van der Waals surface area (Å²) in [5, 5.41) is 8.89. The van der Waals surface area contributed by atoms with Crippen LogP contribution < -0.4 is 0 Å². The lowest BCUT2D eigenvalue weighted by Crippen LogP contribution is -2.43. The van der Waals surface area contributed by atoms with Gasteiger partial charge < -0.3 is 10.0 Å². The van der Waals surface area contributed by atoms with Crippen LogP contribution in [0.15, 0.2) is 24.3 Å². The quantitative estimate of drug-likeness (QED) is 0.790. The Hall–Kier alpha value is -2.11. The van der Waals surface area contributed by atoms with E-state index >= 15 is 0 Å². The normalized spacial score (nSPS) is 22.4. The maximum atomic E-state index is 12.2. The fraction of sp³-hybridized carbons (Fsp3) is 0.562. The fourth-order valence-corrected chi connectivity index (χ4v) is 2.70. The van der Waals surface area contributed by atoms with Gasteiger partial charge in [0.1, 0.15) is 0 Å². The van der Waals surface area contributed by atoms with E-state index in [0.29, 0.717) is 32.5 Å². The second-order valence-electron chi connectivity index (χ2n) is 6.55. The van der Waals surface area contributed by atoms with Gasteiger partial charge in [0.15, 0.2) is 0 Å². The number of imide groups is 1. The summed E-state index contributed by atoms with van der Waals surface area (Å²) in [6, 6.07) is 0. The number of carbonyl (C=O) groups is 3. The SMILES string of the molecule is CC1(C)C=CC(=O)N(C(=O)/C=C/C2CCN(C(=O)O)CC2)C1. The average Bonchev–Trinajstić information content (AvgIpc) is 2.47. The highest BCUT2D eigenvalue weighted by Gasteiger charge is 2.30. The molecule has 0 saturated carbocycles. The minimum atomic E-state index is -0.897. The Morgan fingerprint density at radius 3 is 2.55 bits per heavy atom. The summed E-state index contributed by atoms with van der Waals surface area (Å²) in [4.78, 5) is 37.5. The third kappa shape index (κ3) is 3.96. The fourth-order valence-electron chi connectivity index (χ4n) is 2.70. The molecule has 3 amide bonds. The van der Waals surface area contributed by atoms with E-state index in [0.717, 1.165) is 0 Å². The van der Waals surface area contributed by atoms with Crippen molar-refractivity contribution >= 4 is 17.9 Å².